The van der Waals surface area contributed by atoms with Crippen LogP contribution >= 0.6 is 0 Å². The monoisotopic (exact) mass is 270 g/mol. The van der Waals surface area contributed by atoms with Crippen LogP contribution in [0.1, 0.15) is 10.4 Å². The molecule has 0 atom stereocenters. The summed E-state index contributed by atoms with van der Waals surface area (Å²) < 4.78 is 0. The average Bonchev–Trinajstić information content (AvgIpc) is 2.46. The Kier molecular flexibility index (Phi) is 3.74. The summed E-state index contributed by atoms with van der Waals surface area (Å²) in [6.45, 7) is 0. The maximum atomic E-state index is 12.0. The third-order valence-electron chi connectivity index (χ3n) is 2.74. The van der Waals surface area contributed by atoms with Crippen molar-refractivity contribution < 1.29 is 9.72 Å². The fourth-order valence-electron chi connectivity index (χ4n) is 1.80. The quantitative estimate of drug-likeness (QED) is 0.632. The predicted octanol–water partition coefficient (Wildman–Crippen LogP) is 2.16. The highest BCUT2D eigenvalue weighted by Gasteiger charge is 2.27. The van der Waals surface area contributed by atoms with Crippen molar-refractivity contribution in [2.75, 3.05) is 14.1 Å². The second kappa shape index (κ2) is 5.48. The van der Waals surface area contributed by atoms with E-state index in [-0.39, 0.29) is 16.8 Å². The van der Waals surface area contributed by atoms with Gasteiger partial charge in [0.25, 0.3) is 11.6 Å². The number of rotatable bonds is 3. The largest absolute Gasteiger partial charge is 0.344 e. The van der Waals surface area contributed by atoms with Gasteiger partial charge in [0.2, 0.25) is 0 Å². The van der Waals surface area contributed by atoms with Gasteiger partial charge in [0.15, 0.2) is 0 Å². The molecule has 6 nitrogen and oxygen atoms in total. The molecule has 1 aromatic heterocycles. The van der Waals surface area contributed by atoms with Crippen LogP contribution in [0.5, 0.6) is 0 Å². The van der Waals surface area contributed by atoms with Crippen molar-refractivity contribution in [2.24, 2.45) is 0 Å². The summed E-state index contributed by atoms with van der Waals surface area (Å²) in [6.07, 6.45) is 3.78. The zero-order chi connectivity index (χ0) is 14.7. The highest BCUT2D eigenvalue weighted by molar-refractivity contribution is 6.00. The van der Waals surface area contributed by atoms with Crippen LogP contribution in [0.3, 0.4) is 0 Å². The molecule has 6 heteroatoms. The number of benzene rings is 1. The van der Waals surface area contributed by atoms with Gasteiger partial charge >= 0.3 is 0 Å². The molecule has 1 amide bonds. The van der Waals surface area contributed by atoms with E-state index in [0.717, 1.165) is 0 Å². The van der Waals surface area contributed by atoms with E-state index < -0.39 is 10.8 Å². The van der Waals surface area contributed by atoms with E-state index in [1.165, 1.54) is 25.2 Å². The van der Waals surface area contributed by atoms with Gasteiger partial charge in [-0.2, -0.15) is 0 Å². The molecule has 0 aliphatic rings. The second-order valence-corrected chi connectivity index (χ2v) is 4.33. The standard InChI is InChI=1S/C14H12N3O3/c1-16(2)14(18)12-9-15-8-11(13(12)17(19)20)10-6-4-3-5-7-10/h3-7,9H,1-2H3. The lowest BCUT2D eigenvalue weighted by atomic mass is 10.0. The molecule has 0 unspecified atom stereocenters. The van der Waals surface area contributed by atoms with E-state index in [2.05, 4.69) is 11.2 Å². The molecule has 0 aliphatic heterocycles. The molecule has 20 heavy (non-hydrogen) atoms. The summed E-state index contributed by atoms with van der Waals surface area (Å²) in [5.41, 5.74) is 0.492. The Balaban J connectivity index is 2.68. The fourth-order valence-corrected chi connectivity index (χ4v) is 1.80. The third-order valence-corrected chi connectivity index (χ3v) is 2.74. The Labute approximate surface area is 115 Å². The Hall–Kier alpha value is -2.76. The molecule has 1 heterocycles. The summed E-state index contributed by atoms with van der Waals surface area (Å²) >= 11 is 0. The zero-order valence-electron chi connectivity index (χ0n) is 11.0. The van der Waals surface area contributed by atoms with Gasteiger partial charge in [-0.1, -0.05) is 30.3 Å². The van der Waals surface area contributed by atoms with Gasteiger partial charge in [-0.05, 0) is 5.56 Å². The Morgan fingerprint density at radius 3 is 2.50 bits per heavy atom. The number of hydrogen-bond acceptors (Lipinski definition) is 4. The smallest absolute Gasteiger partial charge is 0.293 e. The maximum absolute atomic E-state index is 12.0. The number of nitrogens with zero attached hydrogens (tertiary/aromatic N) is 3. The minimum absolute atomic E-state index is 0.0439. The molecule has 1 radical (unpaired) electrons. The summed E-state index contributed by atoms with van der Waals surface area (Å²) in [5, 5.41) is 11.3. The summed E-state index contributed by atoms with van der Waals surface area (Å²) in [4.78, 5) is 27.9. The summed E-state index contributed by atoms with van der Waals surface area (Å²) in [7, 11) is 3.07. The highest BCUT2D eigenvalue weighted by atomic mass is 16.6. The van der Waals surface area contributed by atoms with Crippen LogP contribution < -0.4 is 0 Å². The lowest BCUT2D eigenvalue weighted by molar-refractivity contribution is -0.384. The molecule has 0 spiro atoms. The first kappa shape index (κ1) is 13.7. The van der Waals surface area contributed by atoms with E-state index in [4.69, 9.17) is 0 Å². The van der Waals surface area contributed by atoms with Crippen molar-refractivity contribution in [1.29, 1.82) is 0 Å². The van der Waals surface area contributed by atoms with Gasteiger partial charge in [-0.25, -0.2) is 0 Å². The molecule has 0 saturated carbocycles. The van der Waals surface area contributed by atoms with Crippen LogP contribution in [0.4, 0.5) is 5.69 Å². The molecule has 0 N–H and O–H groups in total. The Morgan fingerprint density at radius 1 is 1.30 bits per heavy atom. The topological polar surface area (TPSA) is 76.3 Å². The van der Waals surface area contributed by atoms with Gasteiger partial charge in [0.05, 0.1) is 10.5 Å². The van der Waals surface area contributed by atoms with Crippen molar-refractivity contribution in [1.82, 2.24) is 9.88 Å². The van der Waals surface area contributed by atoms with Crippen LogP contribution in [0.15, 0.2) is 36.5 Å². The fraction of sp³-hybridized carbons (Fsp3) is 0.143. The number of carbonyl (C=O) groups is 1. The first-order chi connectivity index (χ1) is 9.52. The van der Waals surface area contributed by atoms with Crippen molar-refractivity contribution in [3.05, 3.63) is 58.4 Å². The number of aromatic nitrogens is 1. The molecular weight excluding hydrogens is 258 g/mol. The van der Waals surface area contributed by atoms with Gasteiger partial charge in [0.1, 0.15) is 11.8 Å². The van der Waals surface area contributed by atoms with Gasteiger partial charge in [0, 0.05) is 20.3 Å². The minimum Gasteiger partial charge on any atom is -0.344 e. The number of pyridine rings is 1. The van der Waals surface area contributed by atoms with E-state index >= 15 is 0 Å². The number of amides is 1. The first-order valence-electron chi connectivity index (χ1n) is 5.84. The zero-order valence-corrected chi connectivity index (χ0v) is 11.0. The maximum Gasteiger partial charge on any atom is 0.293 e. The molecule has 2 aromatic rings. The lowest BCUT2D eigenvalue weighted by Crippen LogP contribution is -2.23. The van der Waals surface area contributed by atoms with Crippen molar-refractivity contribution in [2.45, 2.75) is 0 Å². The van der Waals surface area contributed by atoms with Gasteiger partial charge in [-0.3, -0.25) is 19.9 Å². The van der Waals surface area contributed by atoms with Crippen molar-refractivity contribution >= 4 is 11.6 Å². The molecule has 0 saturated heterocycles. The minimum atomic E-state index is -0.572. The lowest BCUT2D eigenvalue weighted by Gasteiger charge is -2.11. The van der Waals surface area contributed by atoms with Crippen molar-refractivity contribution in [3.63, 3.8) is 0 Å². The van der Waals surface area contributed by atoms with E-state index in [0.29, 0.717) is 5.56 Å². The first-order valence-corrected chi connectivity index (χ1v) is 5.84. The summed E-state index contributed by atoms with van der Waals surface area (Å²) in [6, 6.07) is 8.74. The average molecular weight is 270 g/mol. The van der Waals surface area contributed by atoms with Crippen LogP contribution in [0, 0.1) is 16.3 Å². The van der Waals surface area contributed by atoms with Gasteiger partial charge in [-0.15, -0.1) is 0 Å². The molecular formula is C14H12N3O3. The van der Waals surface area contributed by atoms with E-state index in [9.17, 15) is 14.9 Å². The molecule has 1 aromatic carbocycles. The number of carbonyl (C=O) groups excluding carboxylic acids is 1. The third kappa shape index (κ3) is 2.49. The van der Waals surface area contributed by atoms with Crippen LogP contribution in [-0.4, -0.2) is 34.8 Å². The molecule has 0 aliphatic carbocycles. The second-order valence-electron chi connectivity index (χ2n) is 4.33. The SMILES string of the molecule is CN(C)C(=O)c1cn[c]c(-c2ccccc2)c1[N+](=O)[O-]. The van der Waals surface area contributed by atoms with Crippen LogP contribution in [0.2, 0.25) is 0 Å². The number of nitro groups is 1. The molecule has 0 fully saturated rings. The summed E-state index contributed by atoms with van der Waals surface area (Å²) in [5.74, 6) is -0.463. The van der Waals surface area contributed by atoms with E-state index in [1.54, 1.807) is 30.3 Å². The van der Waals surface area contributed by atoms with Crippen molar-refractivity contribution in [3.8, 4) is 11.1 Å². The van der Waals surface area contributed by atoms with Crippen LogP contribution in [-0.2, 0) is 0 Å². The predicted molar refractivity (Wildman–Crippen MR) is 73.2 cm³/mol. The molecule has 2 rings (SSSR count). The van der Waals surface area contributed by atoms with E-state index in [1.807, 2.05) is 0 Å². The number of hydrogen-bond donors (Lipinski definition) is 0. The normalized spacial score (nSPS) is 10.1. The van der Waals surface area contributed by atoms with Crippen LogP contribution in [0.25, 0.3) is 11.1 Å². The molecule has 101 valence electrons. The highest BCUT2D eigenvalue weighted by Crippen LogP contribution is 2.31. The Morgan fingerprint density at radius 2 is 1.95 bits per heavy atom. The Bertz CT molecular complexity index is 654. The van der Waals surface area contributed by atoms with Gasteiger partial charge < -0.3 is 4.90 Å². The molecule has 0 bridgehead atoms.